The van der Waals surface area contributed by atoms with Crippen molar-refractivity contribution < 1.29 is 0 Å². The molecular formula is C9H14. The highest BCUT2D eigenvalue weighted by Gasteiger charge is 1.81. The molecule has 2 radical (unpaired) electrons. The van der Waals surface area contributed by atoms with Crippen molar-refractivity contribution in [2.75, 3.05) is 0 Å². The number of hydrogen-bond donors (Lipinski definition) is 0. The molecule has 0 heterocycles. The first-order chi connectivity index (χ1) is 4.27. The summed E-state index contributed by atoms with van der Waals surface area (Å²) in [7, 11) is 0. The summed E-state index contributed by atoms with van der Waals surface area (Å²) >= 11 is 0. The van der Waals surface area contributed by atoms with Gasteiger partial charge in [-0.2, -0.15) is 0 Å². The van der Waals surface area contributed by atoms with Crippen LogP contribution in [0.25, 0.3) is 0 Å². The molecule has 0 amide bonds. The molecule has 0 unspecified atom stereocenters. The molecule has 0 fully saturated rings. The topological polar surface area (TPSA) is 0 Å². The standard InChI is InChI=1S/C9H14/c1-4-5-6-7-8-9(2)3/h1,4-6H2,2-3H3. The van der Waals surface area contributed by atoms with Gasteiger partial charge in [-0.3, -0.25) is 0 Å². The van der Waals surface area contributed by atoms with Crippen LogP contribution in [0.2, 0.25) is 0 Å². The summed E-state index contributed by atoms with van der Waals surface area (Å²) in [6.45, 7) is 7.78. The molecule has 0 atom stereocenters. The molecular weight excluding hydrogens is 108 g/mol. The average Bonchev–Trinajstić information content (AvgIpc) is 1.80. The van der Waals surface area contributed by atoms with E-state index in [9.17, 15) is 0 Å². The van der Waals surface area contributed by atoms with Crippen molar-refractivity contribution in [2.24, 2.45) is 0 Å². The van der Waals surface area contributed by atoms with E-state index in [1.165, 1.54) is 5.92 Å². The van der Waals surface area contributed by atoms with E-state index in [0.717, 1.165) is 19.3 Å². The minimum atomic E-state index is 0.995. The third-order valence-electron chi connectivity index (χ3n) is 0.890. The van der Waals surface area contributed by atoms with Gasteiger partial charge in [0, 0.05) is 12.3 Å². The quantitative estimate of drug-likeness (QED) is 0.390. The van der Waals surface area contributed by atoms with Crippen LogP contribution >= 0.6 is 0 Å². The first-order valence-corrected chi connectivity index (χ1v) is 3.35. The minimum absolute atomic E-state index is 0.995. The van der Waals surface area contributed by atoms with Gasteiger partial charge in [0.2, 0.25) is 0 Å². The summed E-state index contributed by atoms with van der Waals surface area (Å²) in [6.07, 6.45) is 3.12. The lowest BCUT2D eigenvalue weighted by molar-refractivity contribution is 0.882. The molecule has 0 saturated heterocycles. The maximum absolute atomic E-state index is 3.73. The normalized spacial score (nSPS) is 8.89. The second-order valence-corrected chi connectivity index (χ2v) is 2.26. The molecule has 0 aliphatic carbocycles. The van der Waals surface area contributed by atoms with E-state index in [0.29, 0.717) is 0 Å². The summed E-state index contributed by atoms with van der Waals surface area (Å²) in [5, 5.41) is 0. The van der Waals surface area contributed by atoms with E-state index in [2.05, 4.69) is 18.8 Å². The fourth-order valence-corrected chi connectivity index (χ4v) is 0.453. The second kappa shape index (κ2) is 5.69. The van der Waals surface area contributed by atoms with Gasteiger partial charge in [0.15, 0.2) is 0 Å². The first kappa shape index (κ1) is 8.56. The highest BCUT2D eigenvalue weighted by molar-refractivity contribution is 5.16. The van der Waals surface area contributed by atoms with Gasteiger partial charge in [0.25, 0.3) is 0 Å². The Morgan fingerprint density at radius 3 is 2.56 bits per heavy atom. The molecule has 0 bridgehead atoms. The lowest BCUT2D eigenvalue weighted by Gasteiger charge is -1.86. The van der Waals surface area contributed by atoms with Gasteiger partial charge in [-0.15, -0.1) is 5.92 Å². The minimum Gasteiger partial charge on any atom is -0.103 e. The summed E-state index contributed by atoms with van der Waals surface area (Å²) in [6, 6.07) is 0. The molecule has 0 nitrogen and oxygen atoms in total. The summed E-state index contributed by atoms with van der Waals surface area (Å²) < 4.78 is 0. The maximum Gasteiger partial charge on any atom is 0.0418 e. The molecule has 0 spiro atoms. The molecule has 0 aliphatic rings. The van der Waals surface area contributed by atoms with Crippen LogP contribution in [0, 0.1) is 24.7 Å². The van der Waals surface area contributed by atoms with Crippen LogP contribution < -0.4 is 0 Å². The first-order valence-electron chi connectivity index (χ1n) is 3.35. The Hall–Kier alpha value is -0.440. The van der Waals surface area contributed by atoms with Crippen molar-refractivity contribution in [3.8, 4) is 11.8 Å². The van der Waals surface area contributed by atoms with Crippen molar-refractivity contribution in [1.29, 1.82) is 0 Å². The summed E-state index contributed by atoms with van der Waals surface area (Å²) in [5.74, 6) is 7.27. The number of unbranched alkanes of at least 4 members (excludes halogenated alkanes) is 2. The molecule has 0 aromatic rings. The highest BCUT2D eigenvalue weighted by atomic mass is 13.8. The third-order valence-corrected chi connectivity index (χ3v) is 0.890. The predicted molar refractivity (Wildman–Crippen MR) is 41.6 cm³/mol. The second-order valence-electron chi connectivity index (χ2n) is 2.26. The smallest absolute Gasteiger partial charge is 0.0418 e. The van der Waals surface area contributed by atoms with E-state index in [4.69, 9.17) is 0 Å². The Morgan fingerprint density at radius 1 is 1.44 bits per heavy atom. The molecule has 0 heteroatoms. The van der Waals surface area contributed by atoms with Crippen molar-refractivity contribution >= 4 is 0 Å². The van der Waals surface area contributed by atoms with Crippen LogP contribution in [0.4, 0.5) is 0 Å². The van der Waals surface area contributed by atoms with Crippen molar-refractivity contribution in [3.63, 3.8) is 0 Å². The predicted octanol–water partition coefficient (Wildman–Crippen LogP) is 2.61. The maximum atomic E-state index is 3.73. The van der Waals surface area contributed by atoms with Crippen LogP contribution in [0.1, 0.15) is 33.1 Å². The van der Waals surface area contributed by atoms with Crippen molar-refractivity contribution in [1.82, 2.24) is 0 Å². The van der Waals surface area contributed by atoms with Gasteiger partial charge in [-0.25, -0.2) is 0 Å². The van der Waals surface area contributed by atoms with Crippen LogP contribution in [0.5, 0.6) is 0 Å². The van der Waals surface area contributed by atoms with Gasteiger partial charge >= 0.3 is 0 Å². The van der Waals surface area contributed by atoms with E-state index >= 15 is 0 Å². The SMILES string of the molecule is [CH2]CCCC#C[C](C)C. The molecule has 9 heavy (non-hydrogen) atoms. The molecule has 0 rings (SSSR count). The lowest BCUT2D eigenvalue weighted by Crippen LogP contribution is -1.74. The zero-order valence-corrected chi connectivity index (χ0v) is 6.33. The van der Waals surface area contributed by atoms with E-state index < -0.39 is 0 Å². The molecule has 0 aliphatic heterocycles. The fourth-order valence-electron chi connectivity index (χ4n) is 0.453. The van der Waals surface area contributed by atoms with E-state index in [-0.39, 0.29) is 0 Å². The Morgan fingerprint density at radius 2 is 2.11 bits per heavy atom. The van der Waals surface area contributed by atoms with E-state index in [1.807, 2.05) is 13.8 Å². The lowest BCUT2D eigenvalue weighted by atomic mass is 10.2. The molecule has 0 N–H and O–H groups in total. The molecule has 50 valence electrons. The van der Waals surface area contributed by atoms with Crippen LogP contribution in [0.3, 0.4) is 0 Å². The van der Waals surface area contributed by atoms with Crippen LogP contribution in [-0.4, -0.2) is 0 Å². The van der Waals surface area contributed by atoms with Gasteiger partial charge in [-0.05, 0) is 20.3 Å². The Bertz CT molecular complexity index is 101. The fraction of sp³-hybridized carbons (Fsp3) is 0.556. The monoisotopic (exact) mass is 122 g/mol. The Labute approximate surface area is 58.7 Å². The van der Waals surface area contributed by atoms with Gasteiger partial charge in [0.05, 0.1) is 0 Å². The summed E-state index contributed by atoms with van der Waals surface area (Å²) in [5.41, 5.74) is 0. The number of rotatable bonds is 2. The highest BCUT2D eigenvalue weighted by Crippen LogP contribution is 1.93. The van der Waals surface area contributed by atoms with Gasteiger partial charge < -0.3 is 0 Å². The van der Waals surface area contributed by atoms with Crippen LogP contribution in [0.15, 0.2) is 0 Å². The average molecular weight is 122 g/mol. The zero-order chi connectivity index (χ0) is 7.11. The largest absolute Gasteiger partial charge is 0.103 e. The molecule has 0 aromatic carbocycles. The Kier molecular flexibility index (Phi) is 5.41. The van der Waals surface area contributed by atoms with Gasteiger partial charge in [-0.1, -0.05) is 19.3 Å². The van der Waals surface area contributed by atoms with Crippen molar-refractivity contribution in [2.45, 2.75) is 33.1 Å². The molecule has 0 saturated carbocycles. The summed E-state index contributed by atoms with van der Waals surface area (Å²) in [4.78, 5) is 0. The van der Waals surface area contributed by atoms with Gasteiger partial charge in [0.1, 0.15) is 0 Å². The molecule has 0 aromatic heterocycles. The van der Waals surface area contributed by atoms with Crippen molar-refractivity contribution in [3.05, 3.63) is 12.8 Å². The van der Waals surface area contributed by atoms with Crippen LogP contribution in [-0.2, 0) is 0 Å². The number of hydrogen-bond acceptors (Lipinski definition) is 0. The third kappa shape index (κ3) is 7.56. The zero-order valence-electron chi connectivity index (χ0n) is 6.33. The Balaban J connectivity index is 3.16. The van der Waals surface area contributed by atoms with E-state index in [1.54, 1.807) is 0 Å².